The Hall–Kier alpha value is -1.97. The van der Waals surface area contributed by atoms with E-state index in [1.54, 1.807) is 29.4 Å². The van der Waals surface area contributed by atoms with Crippen molar-refractivity contribution < 1.29 is 9.59 Å². The lowest BCUT2D eigenvalue weighted by Crippen LogP contribution is -2.40. The third kappa shape index (κ3) is 2.58. The van der Waals surface area contributed by atoms with E-state index in [0.29, 0.717) is 13.0 Å². The van der Waals surface area contributed by atoms with Crippen molar-refractivity contribution in [3.8, 4) is 0 Å². The summed E-state index contributed by atoms with van der Waals surface area (Å²) >= 11 is 0. The van der Waals surface area contributed by atoms with Gasteiger partial charge < -0.3 is 4.90 Å². The summed E-state index contributed by atoms with van der Waals surface area (Å²) in [4.78, 5) is 28.9. The fourth-order valence-electron chi connectivity index (χ4n) is 1.91. The molecule has 0 saturated carbocycles. The van der Waals surface area contributed by atoms with Gasteiger partial charge in [-0.15, -0.1) is 0 Å². The molecule has 17 heavy (non-hydrogen) atoms. The number of hydrogen-bond donors (Lipinski definition) is 0. The molecule has 0 unspecified atom stereocenters. The SMILES string of the molecule is CC(=O)[C@@H]1C=CCN1C(=O)Cc1cccnc1. The summed E-state index contributed by atoms with van der Waals surface area (Å²) in [6.07, 6.45) is 7.27. The Labute approximate surface area is 100.0 Å². The molecule has 1 aliphatic heterocycles. The van der Waals surface area contributed by atoms with E-state index < -0.39 is 0 Å². The molecule has 0 fully saturated rings. The first-order valence-electron chi connectivity index (χ1n) is 5.54. The molecular formula is C13H14N2O2. The van der Waals surface area contributed by atoms with E-state index in [1.807, 2.05) is 12.1 Å². The summed E-state index contributed by atoms with van der Waals surface area (Å²) in [7, 11) is 0. The van der Waals surface area contributed by atoms with Gasteiger partial charge in [-0.25, -0.2) is 0 Å². The second-order valence-electron chi connectivity index (χ2n) is 4.07. The molecule has 2 heterocycles. The molecule has 1 aromatic rings. The predicted molar refractivity (Wildman–Crippen MR) is 63.3 cm³/mol. The molecule has 4 nitrogen and oxygen atoms in total. The van der Waals surface area contributed by atoms with E-state index in [2.05, 4.69) is 4.98 Å². The van der Waals surface area contributed by atoms with Gasteiger partial charge in [0.25, 0.3) is 0 Å². The van der Waals surface area contributed by atoms with E-state index in [4.69, 9.17) is 0 Å². The maximum Gasteiger partial charge on any atom is 0.228 e. The molecule has 0 radical (unpaired) electrons. The van der Waals surface area contributed by atoms with Gasteiger partial charge in [-0.2, -0.15) is 0 Å². The van der Waals surface area contributed by atoms with E-state index in [1.165, 1.54) is 6.92 Å². The summed E-state index contributed by atoms with van der Waals surface area (Å²) in [5, 5.41) is 0. The van der Waals surface area contributed by atoms with Crippen molar-refractivity contribution in [2.45, 2.75) is 19.4 Å². The lowest BCUT2D eigenvalue weighted by atomic mass is 10.1. The van der Waals surface area contributed by atoms with E-state index in [9.17, 15) is 9.59 Å². The number of amides is 1. The van der Waals surface area contributed by atoms with Crippen LogP contribution >= 0.6 is 0 Å². The number of nitrogens with zero attached hydrogens (tertiary/aromatic N) is 2. The van der Waals surface area contributed by atoms with Gasteiger partial charge in [0.15, 0.2) is 5.78 Å². The number of carbonyl (C=O) groups is 2. The van der Waals surface area contributed by atoms with Gasteiger partial charge >= 0.3 is 0 Å². The number of Topliss-reactive ketones (excluding diaryl/α,β-unsaturated/α-hetero) is 1. The van der Waals surface area contributed by atoms with Gasteiger partial charge in [0.1, 0.15) is 6.04 Å². The van der Waals surface area contributed by atoms with Crippen molar-refractivity contribution in [1.82, 2.24) is 9.88 Å². The molecule has 1 aromatic heterocycles. The molecule has 0 saturated heterocycles. The Balaban J connectivity index is 2.04. The van der Waals surface area contributed by atoms with Crippen LogP contribution in [0, 0.1) is 0 Å². The van der Waals surface area contributed by atoms with Crippen molar-refractivity contribution >= 4 is 11.7 Å². The van der Waals surface area contributed by atoms with Gasteiger partial charge in [-0.3, -0.25) is 14.6 Å². The Bertz CT molecular complexity index is 454. The molecule has 88 valence electrons. The average Bonchev–Trinajstić information content (AvgIpc) is 2.79. The standard InChI is InChI=1S/C13H14N2O2/c1-10(16)12-5-3-7-15(12)13(17)8-11-4-2-6-14-9-11/h2-6,9,12H,7-8H2,1H3/t12-/m0/s1. The third-order valence-corrected chi connectivity index (χ3v) is 2.77. The maximum atomic E-state index is 12.0. The van der Waals surface area contributed by atoms with Crippen LogP contribution in [0.1, 0.15) is 12.5 Å². The van der Waals surface area contributed by atoms with Crippen LogP contribution in [0.5, 0.6) is 0 Å². The van der Waals surface area contributed by atoms with Gasteiger partial charge in [0.2, 0.25) is 5.91 Å². The van der Waals surface area contributed by atoms with Crippen LogP contribution in [-0.4, -0.2) is 34.2 Å². The maximum absolute atomic E-state index is 12.0. The van der Waals surface area contributed by atoms with Crippen LogP contribution in [0.3, 0.4) is 0 Å². The Kier molecular flexibility index (Phi) is 3.32. The van der Waals surface area contributed by atoms with Crippen LogP contribution in [0.2, 0.25) is 0 Å². The van der Waals surface area contributed by atoms with Crippen molar-refractivity contribution in [2.75, 3.05) is 6.54 Å². The zero-order chi connectivity index (χ0) is 12.3. The zero-order valence-electron chi connectivity index (χ0n) is 9.67. The summed E-state index contributed by atoms with van der Waals surface area (Å²) in [6.45, 7) is 2.02. The molecule has 1 amide bonds. The van der Waals surface area contributed by atoms with Crippen molar-refractivity contribution in [3.63, 3.8) is 0 Å². The average molecular weight is 230 g/mol. The smallest absolute Gasteiger partial charge is 0.228 e. The van der Waals surface area contributed by atoms with Gasteiger partial charge in [-0.05, 0) is 18.6 Å². The number of rotatable bonds is 3. The normalized spacial score (nSPS) is 18.4. The highest BCUT2D eigenvalue weighted by atomic mass is 16.2. The lowest BCUT2D eigenvalue weighted by molar-refractivity contribution is -0.135. The number of hydrogen-bond acceptors (Lipinski definition) is 3. The first kappa shape index (κ1) is 11.5. The molecule has 0 aromatic carbocycles. The molecular weight excluding hydrogens is 216 g/mol. The van der Waals surface area contributed by atoms with Gasteiger partial charge in [0.05, 0.1) is 6.42 Å². The fourth-order valence-corrected chi connectivity index (χ4v) is 1.91. The minimum absolute atomic E-state index is 0.00159. The Morgan fingerprint density at radius 1 is 1.53 bits per heavy atom. The van der Waals surface area contributed by atoms with Crippen LogP contribution in [0.4, 0.5) is 0 Å². The molecule has 0 aliphatic carbocycles. The van der Waals surface area contributed by atoms with E-state index in [0.717, 1.165) is 5.56 Å². The molecule has 4 heteroatoms. The van der Waals surface area contributed by atoms with Crippen molar-refractivity contribution in [3.05, 3.63) is 42.2 Å². The quantitative estimate of drug-likeness (QED) is 0.727. The predicted octanol–water partition coefficient (Wildman–Crippen LogP) is 0.980. The molecule has 0 bridgehead atoms. The van der Waals surface area contributed by atoms with Crippen LogP contribution in [-0.2, 0) is 16.0 Å². The summed E-state index contributed by atoms with van der Waals surface area (Å²) < 4.78 is 0. The second kappa shape index (κ2) is 4.91. The minimum atomic E-state index is -0.390. The summed E-state index contributed by atoms with van der Waals surface area (Å²) in [6, 6.07) is 3.27. The zero-order valence-corrected chi connectivity index (χ0v) is 9.67. The third-order valence-electron chi connectivity index (χ3n) is 2.77. The molecule has 0 N–H and O–H groups in total. The van der Waals surface area contributed by atoms with Crippen molar-refractivity contribution in [1.29, 1.82) is 0 Å². The number of ketones is 1. The van der Waals surface area contributed by atoms with E-state index >= 15 is 0 Å². The van der Waals surface area contributed by atoms with Crippen LogP contribution < -0.4 is 0 Å². The summed E-state index contributed by atoms with van der Waals surface area (Å²) in [5.41, 5.74) is 0.867. The van der Waals surface area contributed by atoms with Crippen molar-refractivity contribution in [2.24, 2.45) is 0 Å². The number of carbonyl (C=O) groups excluding carboxylic acids is 2. The Morgan fingerprint density at radius 3 is 3.00 bits per heavy atom. The highest BCUT2D eigenvalue weighted by Crippen LogP contribution is 2.13. The summed E-state index contributed by atoms with van der Waals surface area (Å²) in [5.74, 6) is -0.0403. The first-order valence-corrected chi connectivity index (χ1v) is 5.54. The minimum Gasteiger partial charge on any atom is -0.325 e. The second-order valence-corrected chi connectivity index (χ2v) is 4.07. The molecule has 0 spiro atoms. The Morgan fingerprint density at radius 2 is 2.35 bits per heavy atom. The van der Waals surface area contributed by atoms with E-state index in [-0.39, 0.29) is 17.7 Å². The molecule has 2 rings (SSSR count). The molecule has 1 aliphatic rings. The highest BCUT2D eigenvalue weighted by molar-refractivity contribution is 5.90. The monoisotopic (exact) mass is 230 g/mol. The number of aromatic nitrogens is 1. The van der Waals surface area contributed by atoms with Crippen LogP contribution in [0.15, 0.2) is 36.7 Å². The number of pyridine rings is 1. The van der Waals surface area contributed by atoms with Crippen LogP contribution in [0.25, 0.3) is 0 Å². The fraction of sp³-hybridized carbons (Fsp3) is 0.308. The lowest BCUT2D eigenvalue weighted by Gasteiger charge is -2.22. The van der Waals surface area contributed by atoms with Gasteiger partial charge in [0, 0.05) is 18.9 Å². The largest absolute Gasteiger partial charge is 0.325 e. The van der Waals surface area contributed by atoms with Gasteiger partial charge in [-0.1, -0.05) is 18.2 Å². The topological polar surface area (TPSA) is 50.3 Å². The molecule has 1 atom stereocenters. The highest BCUT2D eigenvalue weighted by Gasteiger charge is 2.27. The first-order chi connectivity index (χ1) is 8.18.